The van der Waals surface area contributed by atoms with Crippen LogP contribution in [0.2, 0.25) is 0 Å². The Morgan fingerprint density at radius 3 is 2.80 bits per heavy atom. The SMILES string of the molecule is CN(C)C=C(C#N)N1CCCCCC1=O. The molecule has 0 bridgehead atoms. The molecule has 0 N–H and O–H groups in total. The second-order valence-corrected chi connectivity index (χ2v) is 3.95. The first-order valence-electron chi connectivity index (χ1n) is 5.24. The van der Waals surface area contributed by atoms with Crippen LogP contribution in [-0.4, -0.2) is 36.3 Å². The third kappa shape index (κ3) is 3.28. The number of nitriles is 1. The average molecular weight is 207 g/mol. The van der Waals surface area contributed by atoms with Gasteiger partial charge in [-0.05, 0) is 12.8 Å². The van der Waals surface area contributed by atoms with Crippen molar-refractivity contribution in [1.29, 1.82) is 5.26 Å². The van der Waals surface area contributed by atoms with Gasteiger partial charge in [0.25, 0.3) is 0 Å². The van der Waals surface area contributed by atoms with Crippen LogP contribution >= 0.6 is 0 Å². The third-order valence-corrected chi connectivity index (χ3v) is 2.36. The van der Waals surface area contributed by atoms with Crippen LogP contribution < -0.4 is 0 Å². The van der Waals surface area contributed by atoms with E-state index in [9.17, 15) is 4.79 Å². The lowest BCUT2D eigenvalue weighted by Crippen LogP contribution is -2.30. The summed E-state index contributed by atoms with van der Waals surface area (Å²) in [6.07, 6.45) is 5.26. The molecule has 1 aliphatic rings. The normalized spacial score (nSPS) is 18.3. The molecule has 1 fully saturated rings. The maximum Gasteiger partial charge on any atom is 0.227 e. The van der Waals surface area contributed by atoms with Gasteiger partial charge in [0.2, 0.25) is 5.91 Å². The largest absolute Gasteiger partial charge is 0.381 e. The van der Waals surface area contributed by atoms with Gasteiger partial charge in [-0.3, -0.25) is 4.79 Å². The van der Waals surface area contributed by atoms with Crippen LogP contribution in [0.3, 0.4) is 0 Å². The van der Waals surface area contributed by atoms with E-state index in [1.165, 1.54) is 0 Å². The number of amides is 1. The topological polar surface area (TPSA) is 47.3 Å². The summed E-state index contributed by atoms with van der Waals surface area (Å²) in [7, 11) is 3.69. The first-order chi connectivity index (χ1) is 7.15. The van der Waals surface area contributed by atoms with Gasteiger partial charge in [0.15, 0.2) is 0 Å². The highest BCUT2D eigenvalue weighted by atomic mass is 16.2. The molecule has 1 rings (SSSR count). The molecular weight excluding hydrogens is 190 g/mol. The predicted octanol–water partition coefficient (Wildman–Crippen LogP) is 1.32. The van der Waals surface area contributed by atoms with Gasteiger partial charge in [-0.2, -0.15) is 5.26 Å². The van der Waals surface area contributed by atoms with Crippen molar-refractivity contribution in [3.63, 3.8) is 0 Å². The quantitative estimate of drug-likeness (QED) is 0.641. The number of carbonyl (C=O) groups excluding carboxylic acids is 1. The molecule has 1 amide bonds. The number of rotatable bonds is 2. The zero-order valence-corrected chi connectivity index (χ0v) is 9.36. The maximum atomic E-state index is 11.7. The van der Waals surface area contributed by atoms with Gasteiger partial charge in [0.05, 0.1) is 0 Å². The molecule has 1 saturated heterocycles. The average Bonchev–Trinajstić information content (AvgIpc) is 2.39. The Bertz CT molecular complexity index is 301. The third-order valence-electron chi connectivity index (χ3n) is 2.36. The van der Waals surface area contributed by atoms with Crippen molar-refractivity contribution in [2.45, 2.75) is 25.7 Å². The number of carbonyl (C=O) groups is 1. The van der Waals surface area contributed by atoms with E-state index in [0.29, 0.717) is 18.7 Å². The highest BCUT2D eigenvalue weighted by Gasteiger charge is 2.20. The number of nitrogens with zero attached hydrogens (tertiary/aromatic N) is 3. The lowest BCUT2D eigenvalue weighted by molar-refractivity contribution is -0.128. The summed E-state index contributed by atoms with van der Waals surface area (Å²) in [5.74, 6) is 0.0714. The summed E-state index contributed by atoms with van der Waals surface area (Å²) in [5, 5.41) is 9.00. The number of allylic oxidation sites excluding steroid dienone is 1. The van der Waals surface area contributed by atoms with Crippen LogP contribution in [-0.2, 0) is 4.79 Å². The first kappa shape index (κ1) is 11.6. The van der Waals surface area contributed by atoms with E-state index < -0.39 is 0 Å². The second-order valence-electron chi connectivity index (χ2n) is 3.95. The van der Waals surface area contributed by atoms with Crippen LogP contribution in [0.5, 0.6) is 0 Å². The van der Waals surface area contributed by atoms with Gasteiger partial charge in [-0.1, -0.05) is 6.42 Å². The predicted molar refractivity (Wildman–Crippen MR) is 57.6 cm³/mol. The van der Waals surface area contributed by atoms with Crippen molar-refractivity contribution in [2.75, 3.05) is 20.6 Å². The van der Waals surface area contributed by atoms with Crippen LogP contribution in [0.15, 0.2) is 11.9 Å². The van der Waals surface area contributed by atoms with Crippen LogP contribution in [0, 0.1) is 11.3 Å². The smallest absolute Gasteiger partial charge is 0.227 e. The van der Waals surface area contributed by atoms with Crippen LogP contribution in [0.25, 0.3) is 0 Å². The molecule has 0 spiro atoms. The Labute approximate surface area is 90.8 Å². The lowest BCUT2D eigenvalue weighted by atomic mass is 10.2. The Morgan fingerprint density at radius 2 is 2.20 bits per heavy atom. The van der Waals surface area contributed by atoms with Crippen molar-refractivity contribution >= 4 is 5.91 Å². The van der Waals surface area contributed by atoms with E-state index in [1.54, 1.807) is 16.0 Å². The second kappa shape index (κ2) is 5.40. The summed E-state index contributed by atoms with van der Waals surface area (Å²) >= 11 is 0. The Balaban J connectivity index is 2.82. The van der Waals surface area contributed by atoms with Gasteiger partial charge in [0.1, 0.15) is 11.8 Å². The highest BCUT2D eigenvalue weighted by molar-refractivity contribution is 5.79. The van der Waals surface area contributed by atoms with E-state index in [0.717, 1.165) is 19.3 Å². The van der Waals surface area contributed by atoms with Crippen LogP contribution in [0.1, 0.15) is 25.7 Å². The molecular formula is C11H17N3O. The monoisotopic (exact) mass is 207 g/mol. The van der Waals surface area contributed by atoms with Gasteiger partial charge < -0.3 is 9.80 Å². The summed E-state index contributed by atoms with van der Waals surface area (Å²) in [6.45, 7) is 0.673. The van der Waals surface area contributed by atoms with E-state index in [4.69, 9.17) is 5.26 Å². The minimum absolute atomic E-state index is 0.0714. The van der Waals surface area contributed by atoms with E-state index in [1.807, 2.05) is 14.1 Å². The van der Waals surface area contributed by atoms with Crippen molar-refractivity contribution in [3.05, 3.63) is 11.9 Å². The summed E-state index contributed by atoms with van der Waals surface area (Å²) in [4.78, 5) is 15.1. The lowest BCUT2D eigenvalue weighted by Gasteiger charge is -2.20. The fraction of sp³-hybridized carbons (Fsp3) is 0.636. The molecule has 0 aromatic heterocycles. The van der Waals surface area contributed by atoms with E-state index in [2.05, 4.69) is 6.07 Å². The standard InChI is InChI=1S/C11H17N3O/c1-13(2)9-10(8-12)14-7-5-3-4-6-11(14)15/h9H,3-7H2,1-2H3. The van der Waals surface area contributed by atoms with Crippen molar-refractivity contribution in [3.8, 4) is 6.07 Å². The molecule has 0 aromatic rings. The van der Waals surface area contributed by atoms with Gasteiger partial charge >= 0.3 is 0 Å². The molecule has 0 unspecified atom stereocenters. The molecule has 0 radical (unpaired) electrons. The van der Waals surface area contributed by atoms with Crippen molar-refractivity contribution < 1.29 is 4.79 Å². The van der Waals surface area contributed by atoms with Crippen molar-refractivity contribution in [1.82, 2.24) is 9.80 Å². The Morgan fingerprint density at radius 1 is 1.47 bits per heavy atom. The van der Waals surface area contributed by atoms with Gasteiger partial charge in [-0.25, -0.2) is 0 Å². The first-order valence-corrected chi connectivity index (χ1v) is 5.24. The summed E-state index contributed by atoms with van der Waals surface area (Å²) in [5.41, 5.74) is 0.451. The molecule has 0 aliphatic carbocycles. The molecule has 4 nitrogen and oxygen atoms in total. The zero-order valence-electron chi connectivity index (χ0n) is 9.36. The van der Waals surface area contributed by atoms with Gasteiger partial charge in [-0.15, -0.1) is 0 Å². The fourth-order valence-corrected chi connectivity index (χ4v) is 1.64. The zero-order chi connectivity index (χ0) is 11.3. The maximum absolute atomic E-state index is 11.7. The van der Waals surface area contributed by atoms with E-state index in [-0.39, 0.29) is 5.91 Å². The Kier molecular flexibility index (Phi) is 4.17. The van der Waals surface area contributed by atoms with Gasteiger partial charge in [0, 0.05) is 33.3 Å². The molecule has 1 aliphatic heterocycles. The summed E-state index contributed by atoms with van der Waals surface area (Å²) < 4.78 is 0. The molecule has 0 atom stereocenters. The molecule has 1 heterocycles. The number of hydrogen-bond donors (Lipinski definition) is 0. The number of likely N-dealkylation sites (tertiary alicyclic amines) is 1. The van der Waals surface area contributed by atoms with Crippen molar-refractivity contribution in [2.24, 2.45) is 0 Å². The van der Waals surface area contributed by atoms with Crippen LogP contribution in [0.4, 0.5) is 0 Å². The highest BCUT2D eigenvalue weighted by Crippen LogP contribution is 2.15. The summed E-state index contributed by atoms with van der Waals surface area (Å²) in [6, 6.07) is 2.09. The molecule has 0 aromatic carbocycles. The van der Waals surface area contributed by atoms with E-state index >= 15 is 0 Å². The molecule has 15 heavy (non-hydrogen) atoms. The molecule has 4 heteroatoms. The fourth-order valence-electron chi connectivity index (χ4n) is 1.64. The Hall–Kier alpha value is -1.50. The minimum Gasteiger partial charge on any atom is -0.381 e. The molecule has 82 valence electrons. The molecule has 0 saturated carbocycles. The minimum atomic E-state index is 0.0714. The number of hydrogen-bond acceptors (Lipinski definition) is 3.